The van der Waals surface area contributed by atoms with Gasteiger partial charge in [-0.15, -0.1) is 0 Å². The van der Waals surface area contributed by atoms with Gasteiger partial charge in [-0.2, -0.15) is 0 Å². The summed E-state index contributed by atoms with van der Waals surface area (Å²) in [5.41, 5.74) is 4.20. The minimum absolute atomic E-state index is 0.210. The van der Waals surface area contributed by atoms with Crippen molar-refractivity contribution in [2.75, 3.05) is 23.7 Å². The molecular weight excluding hydrogens is 450 g/mol. The second-order valence-electron chi connectivity index (χ2n) is 8.84. The average Bonchev–Trinajstić information content (AvgIpc) is 2.75. The molecule has 0 bridgehead atoms. The smallest absolute Gasteiger partial charge is 0.244 e. The fraction of sp³-hybridized carbons (Fsp3) is 0.462. The van der Waals surface area contributed by atoms with Crippen LogP contribution in [0.2, 0.25) is 0 Å². The van der Waals surface area contributed by atoms with Crippen molar-refractivity contribution >= 4 is 27.5 Å². The summed E-state index contributed by atoms with van der Waals surface area (Å²) >= 11 is 0. The Bertz CT molecular complexity index is 1080. The van der Waals surface area contributed by atoms with Gasteiger partial charge in [-0.25, -0.2) is 8.42 Å². The van der Waals surface area contributed by atoms with Crippen molar-refractivity contribution in [1.29, 1.82) is 0 Å². The number of nitrogens with one attached hydrogen (secondary N) is 1. The Hall–Kier alpha value is -2.87. The summed E-state index contributed by atoms with van der Waals surface area (Å²) in [5, 5.41) is 2.88. The van der Waals surface area contributed by atoms with Crippen molar-refractivity contribution in [1.82, 2.24) is 10.2 Å². The third-order valence-electron chi connectivity index (χ3n) is 5.58. The van der Waals surface area contributed by atoms with E-state index in [9.17, 15) is 18.0 Å². The molecule has 0 aliphatic carbocycles. The van der Waals surface area contributed by atoms with Crippen molar-refractivity contribution in [2.45, 2.75) is 60.0 Å². The van der Waals surface area contributed by atoms with E-state index in [0.29, 0.717) is 18.7 Å². The van der Waals surface area contributed by atoms with E-state index in [1.54, 1.807) is 12.1 Å². The molecule has 2 aromatic rings. The molecule has 1 N–H and O–H groups in total. The molecule has 2 amide bonds. The lowest BCUT2D eigenvalue weighted by Gasteiger charge is -2.33. The number of aryl methyl sites for hydroxylation is 3. The fourth-order valence-electron chi connectivity index (χ4n) is 3.88. The van der Waals surface area contributed by atoms with Gasteiger partial charge in [-0.05, 0) is 62.4 Å². The summed E-state index contributed by atoms with van der Waals surface area (Å²) in [7, 11) is -3.74. The highest BCUT2D eigenvalue weighted by Gasteiger charge is 2.31. The molecule has 0 aliphatic heterocycles. The van der Waals surface area contributed by atoms with Crippen molar-refractivity contribution in [3.8, 4) is 0 Å². The third kappa shape index (κ3) is 7.58. The quantitative estimate of drug-likeness (QED) is 0.523. The molecule has 0 heterocycles. The van der Waals surface area contributed by atoms with Crippen LogP contribution in [0.15, 0.2) is 42.5 Å². The van der Waals surface area contributed by atoms with Crippen molar-refractivity contribution in [3.05, 3.63) is 64.7 Å². The Morgan fingerprint density at radius 2 is 1.53 bits per heavy atom. The first-order valence-corrected chi connectivity index (χ1v) is 13.5. The fourth-order valence-corrected chi connectivity index (χ4v) is 4.72. The Balaban J connectivity index is 2.44. The zero-order chi connectivity index (χ0) is 25.5. The minimum Gasteiger partial charge on any atom is -0.354 e. The van der Waals surface area contributed by atoms with E-state index in [1.807, 2.05) is 65.0 Å². The van der Waals surface area contributed by atoms with Gasteiger partial charge in [0.2, 0.25) is 21.8 Å². The number of rotatable bonds is 11. The van der Waals surface area contributed by atoms with Gasteiger partial charge in [0.1, 0.15) is 12.6 Å². The van der Waals surface area contributed by atoms with Crippen LogP contribution in [0.3, 0.4) is 0 Å². The zero-order valence-corrected chi connectivity index (χ0v) is 21.9. The Morgan fingerprint density at radius 3 is 2.03 bits per heavy atom. The maximum absolute atomic E-state index is 13.6. The lowest BCUT2D eigenvalue weighted by atomic mass is 10.1. The highest BCUT2D eigenvalue weighted by molar-refractivity contribution is 7.92. The summed E-state index contributed by atoms with van der Waals surface area (Å²) in [4.78, 5) is 28.1. The van der Waals surface area contributed by atoms with Crippen LogP contribution in [-0.2, 0) is 26.2 Å². The summed E-state index contributed by atoms with van der Waals surface area (Å²) < 4.78 is 26.5. The molecule has 1 unspecified atom stereocenters. The van der Waals surface area contributed by atoms with Crippen LogP contribution < -0.4 is 9.62 Å². The van der Waals surface area contributed by atoms with E-state index in [-0.39, 0.29) is 19.0 Å². The zero-order valence-electron chi connectivity index (χ0n) is 21.1. The van der Waals surface area contributed by atoms with Crippen LogP contribution in [-0.4, -0.2) is 50.5 Å². The predicted molar refractivity (Wildman–Crippen MR) is 137 cm³/mol. The van der Waals surface area contributed by atoms with E-state index in [1.165, 1.54) is 4.90 Å². The molecule has 0 spiro atoms. The third-order valence-corrected chi connectivity index (χ3v) is 6.72. The number of amides is 2. The lowest BCUT2D eigenvalue weighted by Crippen LogP contribution is -2.52. The number of nitrogens with zero attached hydrogens (tertiary/aromatic N) is 2. The van der Waals surface area contributed by atoms with Crippen LogP contribution in [0.4, 0.5) is 5.69 Å². The van der Waals surface area contributed by atoms with E-state index in [4.69, 9.17) is 0 Å². The van der Waals surface area contributed by atoms with Gasteiger partial charge in [-0.1, -0.05) is 49.7 Å². The number of benzene rings is 2. The minimum atomic E-state index is -3.74. The Kier molecular flexibility index (Phi) is 9.67. The van der Waals surface area contributed by atoms with Gasteiger partial charge in [0.25, 0.3) is 0 Å². The molecule has 2 aromatic carbocycles. The molecule has 0 aromatic heterocycles. The average molecular weight is 488 g/mol. The van der Waals surface area contributed by atoms with Crippen LogP contribution >= 0.6 is 0 Å². The van der Waals surface area contributed by atoms with Gasteiger partial charge in [0.15, 0.2) is 0 Å². The number of hydrogen-bond acceptors (Lipinski definition) is 4. The number of carbonyl (C=O) groups is 2. The van der Waals surface area contributed by atoms with Crippen molar-refractivity contribution in [2.24, 2.45) is 0 Å². The molecule has 1 atom stereocenters. The Morgan fingerprint density at radius 1 is 0.941 bits per heavy atom. The second-order valence-corrected chi connectivity index (χ2v) is 10.7. The first kappa shape index (κ1) is 27.4. The van der Waals surface area contributed by atoms with Crippen LogP contribution in [0, 0.1) is 20.8 Å². The molecular formula is C26H37N3O4S. The van der Waals surface area contributed by atoms with Gasteiger partial charge >= 0.3 is 0 Å². The van der Waals surface area contributed by atoms with E-state index >= 15 is 0 Å². The van der Waals surface area contributed by atoms with Crippen LogP contribution in [0.1, 0.15) is 48.9 Å². The van der Waals surface area contributed by atoms with Crippen molar-refractivity contribution < 1.29 is 18.0 Å². The molecule has 0 radical (unpaired) electrons. The lowest BCUT2D eigenvalue weighted by molar-refractivity contribution is -0.140. The SMILES string of the molecule is CCCNC(=O)C(CC)N(Cc1ccc(C)cc1)C(=O)CN(c1cc(C)cc(C)c1)S(C)(=O)=O. The molecule has 34 heavy (non-hydrogen) atoms. The van der Waals surface area contributed by atoms with E-state index in [2.05, 4.69) is 5.32 Å². The van der Waals surface area contributed by atoms with Crippen LogP contribution in [0.5, 0.6) is 0 Å². The molecule has 8 heteroatoms. The first-order valence-electron chi connectivity index (χ1n) is 11.6. The molecule has 186 valence electrons. The maximum Gasteiger partial charge on any atom is 0.244 e. The number of anilines is 1. The first-order chi connectivity index (χ1) is 16.0. The summed E-state index contributed by atoms with van der Waals surface area (Å²) in [5.74, 6) is -0.661. The van der Waals surface area contributed by atoms with E-state index in [0.717, 1.165) is 39.2 Å². The summed E-state index contributed by atoms with van der Waals surface area (Å²) in [6.07, 6.45) is 2.28. The molecule has 0 fully saturated rings. The molecule has 7 nitrogen and oxygen atoms in total. The van der Waals surface area contributed by atoms with Gasteiger partial charge < -0.3 is 10.2 Å². The highest BCUT2D eigenvalue weighted by atomic mass is 32.2. The largest absolute Gasteiger partial charge is 0.354 e. The van der Waals surface area contributed by atoms with E-state index < -0.39 is 22.0 Å². The maximum atomic E-state index is 13.6. The van der Waals surface area contributed by atoms with Crippen LogP contribution in [0.25, 0.3) is 0 Å². The molecule has 0 saturated heterocycles. The normalized spacial score (nSPS) is 12.2. The molecule has 0 aliphatic rings. The predicted octanol–water partition coefficient (Wildman–Crippen LogP) is 3.71. The highest BCUT2D eigenvalue weighted by Crippen LogP contribution is 2.22. The number of hydrogen-bond donors (Lipinski definition) is 1. The molecule has 0 saturated carbocycles. The summed E-state index contributed by atoms with van der Waals surface area (Å²) in [6, 6.07) is 12.5. The number of sulfonamides is 1. The second kappa shape index (κ2) is 12.0. The van der Waals surface area contributed by atoms with Gasteiger partial charge in [0, 0.05) is 13.1 Å². The van der Waals surface area contributed by atoms with Gasteiger partial charge in [-0.3, -0.25) is 13.9 Å². The monoisotopic (exact) mass is 487 g/mol. The summed E-state index contributed by atoms with van der Waals surface area (Å²) in [6.45, 7) is 9.90. The Labute approximate surface area is 204 Å². The van der Waals surface area contributed by atoms with Gasteiger partial charge in [0.05, 0.1) is 11.9 Å². The number of carbonyl (C=O) groups excluding carboxylic acids is 2. The topological polar surface area (TPSA) is 86.8 Å². The van der Waals surface area contributed by atoms with Crippen molar-refractivity contribution in [3.63, 3.8) is 0 Å². The standard InChI is InChI=1S/C26H37N3O4S/c1-7-13-27-26(31)24(8-2)28(17-22-11-9-19(3)10-12-22)25(30)18-29(34(6,32)33)23-15-20(4)14-21(5)16-23/h9-12,14-16,24H,7-8,13,17-18H2,1-6H3,(H,27,31). The molecule has 2 rings (SSSR count).